The Morgan fingerprint density at radius 3 is 2.71 bits per heavy atom. The third kappa shape index (κ3) is 3.22. The molecule has 1 N–H and O–H groups in total. The Balaban J connectivity index is 2.54. The van der Waals surface area contributed by atoms with Crippen LogP contribution < -0.4 is 10.2 Å². The summed E-state index contributed by atoms with van der Waals surface area (Å²) in [5.74, 6) is 0.801. The minimum atomic E-state index is 0.639. The summed E-state index contributed by atoms with van der Waals surface area (Å²) >= 11 is 0. The molecule has 5 nitrogen and oxygen atoms in total. The van der Waals surface area contributed by atoms with E-state index in [0.717, 1.165) is 17.8 Å². The first-order chi connectivity index (χ1) is 6.86. The van der Waals surface area contributed by atoms with E-state index in [4.69, 9.17) is 4.74 Å². The normalized spacial score (nSPS) is 10.1. The maximum Gasteiger partial charge on any atom is 0.180 e. The third-order valence-corrected chi connectivity index (χ3v) is 1.46. The molecule has 0 aliphatic carbocycles. The molecule has 0 aliphatic heterocycles. The Hall–Kier alpha value is -1.91. The van der Waals surface area contributed by atoms with E-state index in [1.807, 2.05) is 19.1 Å². The largest absolute Gasteiger partial charge is 0.494 e. The third-order valence-electron chi connectivity index (χ3n) is 1.46. The molecule has 0 radical (unpaired) electrons. The summed E-state index contributed by atoms with van der Waals surface area (Å²) in [6.07, 6.45) is 0.899. The van der Waals surface area contributed by atoms with Crippen molar-refractivity contribution in [2.45, 2.75) is 6.92 Å². The molecule has 0 aliphatic rings. The summed E-state index contributed by atoms with van der Waals surface area (Å²) in [7, 11) is 0. The van der Waals surface area contributed by atoms with Crippen LogP contribution >= 0.6 is 0 Å². The number of benzene rings is 1. The van der Waals surface area contributed by atoms with Crippen molar-refractivity contribution in [2.75, 3.05) is 12.0 Å². The lowest BCUT2D eigenvalue weighted by atomic mass is 10.3. The van der Waals surface area contributed by atoms with Gasteiger partial charge in [-0.2, -0.15) is 5.10 Å². The summed E-state index contributed by atoms with van der Waals surface area (Å²) in [5.41, 5.74) is 3.41. The van der Waals surface area contributed by atoms with E-state index < -0.39 is 0 Å². The topological polar surface area (TPSA) is 63.0 Å². The standard InChI is InChI=1S/C9H11N3O2/c1-2-14-9-5-3-8(4-6-9)12-10-7-11-13/h3-7,12H,2H2,1H3/b10-7+. The lowest BCUT2D eigenvalue weighted by molar-refractivity contribution is 0.340. The SMILES string of the molecule is CCOc1ccc(N/N=C/N=O)cc1. The molecule has 74 valence electrons. The highest BCUT2D eigenvalue weighted by Crippen LogP contribution is 2.15. The van der Waals surface area contributed by atoms with Crippen LogP contribution in [0.15, 0.2) is 34.5 Å². The van der Waals surface area contributed by atoms with Crippen molar-refractivity contribution < 1.29 is 4.74 Å². The smallest absolute Gasteiger partial charge is 0.180 e. The molecular formula is C9H11N3O2. The van der Waals surface area contributed by atoms with Crippen LogP contribution in [0.4, 0.5) is 5.69 Å². The van der Waals surface area contributed by atoms with E-state index in [1.54, 1.807) is 12.1 Å². The summed E-state index contributed by atoms with van der Waals surface area (Å²) in [6.45, 7) is 2.56. The van der Waals surface area contributed by atoms with E-state index >= 15 is 0 Å². The second kappa shape index (κ2) is 5.69. The van der Waals surface area contributed by atoms with Gasteiger partial charge in [-0.25, -0.2) is 0 Å². The van der Waals surface area contributed by atoms with Crippen LogP contribution in [0.5, 0.6) is 5.75 Å². The molecule has 1 rings (SSSR count). The Bertz CT molecular complexity index is 308. The predicted octanol–water partition coefficient (Wildman–Crippen LogP) is 2.21. The van der Waals surface area contributed by atoms with Crippen LogP contribution in [0.25, 0.3) is 0 Å². The van der Waals surface area contributed by atoms with Crippen molar-refractivity contribution in [2.24, 2.45) is 10.3 Å². The molecule has 0 aromatic heterocycles. The number of hydrazone groups is 1. The molecular weight excluding hydrogens is 182 g/mol. The Labute approximate surface area is 81.7 Å². The van der Waals surface area contributed by atoms with Gasteiger partial charge in [-0.05, 0) is 36.4 Å². The van der Waals surface area contributed by atoms with Crippen LogP contribution in [-0.4, -0.2) is 12.9 Å². The predicted molar refractivity (Wildman–Crippen MR) is 55.5 cm³/mol. The quantitative estimate of drug-likeness (QED) is 0.337. The summed E-state index contributed by atoms with van der Waals surface area (Å²) in [5, 5.41) is 6.01. The first-order valence-corrected chi connectivity index (χ1v) is 4.19. The molecule has 5 heteroatoms. The molecule has 0 saturated carbocycles. The van der Waals surface area contributed by atoms with Gasteiger partial charge in [-0.3, -0.25) is 5.43 Å². The fraction of sp³-hybridized carbons (Fsp3) is 0.222. The Kier molecular flexibility index (Phi) is 4.13. The fourth-order valence-electron chi connectivity index (χ4n) is 0.919. The second-order valence-corrected chi connectivity index (χ2v) is 2.42. The van der Waals surface area contributed by atoms with E-state index in [1.165, 1.54) is 0 Å². The molecule has 0 fully saturated rings. The fourth-order valence-corrected chi connectivity index (χ4v) is 0.919. The summed E-state index contributed by atoms with van der Waals surface area (Å²) < 4.78 is 5.25. The lowest BCUT2D eigenvalue weighted by Gasteiger charge is -2.03. The number of ether oxygens (including phenoxy) is 1. The highest BCUT2D eigenvalue weighted by atomic mass is 16.5. The number of nitrogens with one attached hydrogen (secondary N) is 1. The maximum absolute atomic E-state index is 9.68. The van der Waals surface area contributed by atoms with E-state index in [2.05, 4.69) is 15.7 Å². The first kappa shape index (κ1) is 10.2. The number of hydrogen-bond acceptors (Lipinski definition) is 4. The number of rotatable bonds is 5. The highest BCUT2D eigenvalue weighted by molar-refractivity contribution is 5.57. The second-order valence-electron chi connectivity index (χ2n) is 2.42. The molecule has 14 heavy (non-hydrogen) atoms. The van der Waals surface area contributed by atoms with Crippen LogP contribution in [0, 0.1) is 4.91 Å². The Morgan fingerprint density at radius 2 is 2.14 bits per heavy atom. The van der Waals surface area contributed by atoms with Crippen LogP contribution in [-0.2, 0) is 0 Å². The van der Waals surface area contributed by atoms with Gasteiger partial charge in [0.05, 0.1) is 12.3 Å². The van der Waals surface area contributed by atoms with Crippen molar-refractivity contribution >= 4 is 12.0 Å². The minimum absolute atomic E-state index is 0.639. The molecule has 1 aromatic carbocycles. The average molecular weight is 193 g/mol. The van der Waals surface area contributed by atoms with Crippen molar-refractivity contribution in [3.8, 4) is 5.75 Å². The molecule has 0 spiro atoms. The van der Waals surface area contributed by atoms with Crippen molar-refractivity contribution in [1.82, 2.24) is 0 Å². The molecule has 0 unspecified atom stereocenters. The van der Waals surface area contributed by atoms with Gasteiger partial charge in [-0.1, -0.05) is 0 Å². The average Bonchev–Trinajstić information content (AvgIpc) is 2.21. The van der Waals surface area contributed by atoms with E-state index in [9.17, 15) is 4.91 Å². The zero-order valence-electron chi connectivity index (χ0n) is 7.80. The van der Waals surface area contributed by atoms with Gasteiger partial charge >= 0.3 is 0 Å². The van der Waals surface area contributed by atoms with Gasteiger partial charge < -0.3 is 4.74 Å². The minimum Gasteiger partial charge on any atom is -0.494 e. The van der Waals surface area contributed by atoms with Crippen molar-refractivity contribution in [3.63, 3.8) is 0 Å². The van der Waals surface area contributed by atoms with Gasteiger partial charge in [0, 0.05) is 0 Å². The maximum atomic E-state index is 9.68. The van der Waals surface area contributed by atoms with Crippen LogP contribution in [0.2, 0.25) is 0 Å². The monoisotopic (exact) mass is 193 g/mol. The van der Waals surface area contributed by atoms with Gasteiger partial charge in [-0.15, -0.1) is 4.91 Å². The van der Waals surface area contributed by atoms with Crippen LogP contribution in [0.1, 0.15) is 6.92 Å². The zero-order chi connectivity index (χ0) is 10.2. The molecule has 0 heterocycles. The number of nitroso groups, excluding NO2 is 1. The van der Waals surface area contributed by atoms with Gasteiger partial charge in [0.1, 0.15) is 5.75 Å². The summed E-state index contributed by atoms with van der Waals surface area (Å²) in [4.78, 5) is 9.68. The van der Waals surface area contributed by atoms with Crippen LogP contribution in [0.3, 0.4) is 0 Å². The molecule has 0 bridgehead atoms. The lowest BCUT2D eigenvalue weighted by Crippen LogP contribution is -1.92. The van der Waals surface area contributed by atoms with Crippen molar-refractivity contribution in [3.05, 3.63) is 29.2 Å². The molecule has 0 saturated heterocycles. The highest BCUT2D eigenvalue weighted by Gasteiger charge is 1.91. The zero-order valence-corrected chi connectivity index (χ0v) is 7.80. The first-order valence-electron chi connectivity index (χ1n) is 4.19. The number of nitrogens with zero attached hydrogens (tertiary/aromatic N) is 2. The van der Waals surface area contributed by atoms with Gasteiger partial charge in [0.15, 0.2) is 6.34 Å². The molecule has 0 amide bonds. The summed E-state index contributed by atoms with van der Waals surface area (Å²) in [6, 6.07) is 7.23. The van der Waals surface area contributed by atoms with Crippen molar-refractivity contribution in [1.29, 1.82) is 0 Å². The van der Waals surface area contributed by atoms with E-state index in [0.29, 0.717) is 6.61 Å². The van der Waals surface area contributed by atoms with Gasteiger partial charge in [0.25, 0.3) is 0 Å². The van der Waals surface area contributed by atoms with E-state index in [-0.39, 0.29) is 0 Å². The number of anilines is 1. The Morgan fingerprint density at radius 1 is 1.43 bits per heavy atom. The molecule has 1 aromatic rings. The van der Waals surface area contributed by atoms with Gasteiger partial charge in [0.2, 0.25) is 0 Å². The number of hydrogen-bond donors (Lipinski definition) is 1. The molecule has 0 atom stereocenters.